The van der Waals surface area contributed by atoms with Crippen LogP contribution >= 0.6 is 0 Å². The summed E-state index contributed by atoms with van der Waals surface area (Å²) in [7, 11) is -2.60. The first-order valence-electron chi connectivity index (χ1n) is 8.36. The van der Waals surface area contributed by atoms with Gasteiger partial charge in [-0.25, -0.2) is 12.8 Å². The molecule has 7 heteroatoms. The van der Waals surface area contributed by atoms with Gasteiger partial charge >= 0.3 is 0 Å². The van der Waals surface area contributed by atoms with Gasteiger partial charge in [0.15, 0.2) is 0 Å². The molecule has 5 nitrogen and oxygen atoms in total. The quantitative estimate of drug-likeness (QED) is 0.629. The third-order valence-electron chi connectivity index (χ3n) is 4.21. The number of benzene rings is 3. The Hall–Kier alpha value is -3.37. The van der Waals surface area contributed by atoms with Crippen LogP contribution in [0, 0.1) is 17.1 Å². The summed E-state index contributed by atoms with van der Waals surface area (Å²) in [5.41, 5.74) is 1.24. The Labute approximate surface area is 163 Å². The number of methoxy groups -OCH3 is 1. The Balaban J connectivity index is 2.17. The fraction of sp³-hybridized carbons (Fsp3) is 0.0952. The predicted octanol–water partition coefficient (Wildman–Crippen LogP) is 4.10. The van der Waals surface area contributed by atoms with Gasteiger partial charge < -0.3 is 4.74 Å². The van der Waals surface area contributed by atoms with Crippen LogP contribution in [0.5, 0.6) is 5.75 Å². The van der Waals surface area contributed by atoms with E-state index in [0.29, 0.717) is 22.6 Å². The van der Waals surface area contributed by atoms with E-state index in [9.17, 15) is 18.1 Å². The van der Waals surface area contributed by atoms with Crippen LogP contribution in [0.15, 0.2) is 77.7 Å². The van der Waals surface area contributed by atoms with Crippen LogP contribution in [0.4, 0.5) is 10.1 Å². The van der Waals surface area contributed by atoms with Crippen LogP contribution in [0.3, 0.4) is 0 Å². The molecule has 0 heterocycles. The van der Waals surface area contributed by atoms with E-state index in [2.05, 4.69) is 6.07 Å². The molecule has 0 spiro atoms. The fourth-order valence-corrected chi connectivity index (χ4v) is 4.24. The van der Waals surface area contributed by atoms with Gasteiger partial charge in [0, 0.05) is 0 Å². The van der Waals surface area contributed by atoms with Gasteiger partial charge in [-0.15, -0.1) is 0 Å². The summed E-state index contributed by atoms with van der Waals surface area (Å²) in [6.45, 7) is -0.0795. The molecule has 0 saturated carbocycles. The van der Waals surface area contributed by atoms with Gasteiger partial charge in [0.2, 0.25) is 0 Å². The SMILES string of the molecule is COc1ccccc1N(Cc1ccccc1C#N)S(=O)(=O)c1ccc(F)cc1. The molecular weight excluding hydrogens is 379 g/mol. The summed E-state index contributed by atoms with van der Waals surface area (Å²) in [6.07, 6.45) is 0. The van der Waals surface area contributed by atoms with E-state index in [1.165, 1.54) is 19.2 Å². The normalized spacial score (nSPS) is 10.9. The highest BCUT2D eigenvalue weighted by Crippen LogP contribution is 2.34. The molecule has 3 rings (SSSR count). The topological polar surface area (TPSA) is 70.4 Å². The molecule has 0 aliphatic carbocycles. The molecule has 0 radical (unpaired) electrons. The number of hydrogen-bond acceptors (Lipinski definition) is 4. The van der Waals surface area contributed by atoms with E-state index in [0.717, 1.165) is 16.4 Å². The second-order valence-electron chi connectivity index (χ2n) is 5.91. The van der Waals surface area contributed by atoms with Crippen LogP contribution in [-0.4, -0.2) is 15.5 Å². The number of halogens is 1. The van der Waals surface area contributed by atoms with Crippen LogP contribution in [0.25, 0.3) is 0 Å². The second kappa shape index (κ2) is 8.11. The van der Waals surface area contributed by atoms with E-state index in [4.69, 9.17) is 4.74 Å². The highest BCUT2D eigenvalue weighted by Gasteiger charge is 2.28. The molecule has 0 atom stereocenters. The van der Waals surface area contributed by atoms with Gasteiger partial charge in [-0.1, -0.05) is 30.3 Å². The molecule has 0 aliphatic rings. The average Bonchev–Trinajstić information content (AvgIpc) is 2.72. The summed E-state index contributed by atoms with van der Waals surface area (Å²) < 4.78 is 46.6. The molecule has 0 unspecified atom stereocenters. The summed E-state index contributed by atoms with van der Waals surface area (Å²) in [5, 5.41) is 9.37. The van der Waals surface area contributed by atoms with Crippen molar-refractivity contribution in [1.82, 2.24) is 0 Å². The van der Waals surface area contributed by atoms with Gasteiger partial charge in [0.1, 0.15) is 11.6 Å². The van der Waals surface area contributed by atoms with Crippen molar-refractivity contribution in [2.75, 3.05) is 11.4 Å². The Morgan fingerprint density at radius 2 is 1.64 bits per heavy atom. The third-order valence-corrected chi connectivity index (χ3v) is 5.98. The average molecular weight is 396 g/mol. The lowest BCUT2D eigenvalue weighted by molar-refractivity contribution is 0.415. The monoisotopic (exact) mass is 396 g/mol. The standard InChI is InChI=1S/C21H17FN2O3S/c1-27-21-9-5-4-8-20(21)24(15-17-7-3-2-6-16(17)14-23)28(25,26)19-12-10-18(22)11-13-19/h2-13H,15H2,1H3. The van der Waals surface area contributed by atoms with Crippen LogP contribution in [-0.2, 0) is 16.6 Å². The van der Waals surface area contributed by atoms with Crippen molar-refractivity contribution in [1.29, 1.82) is 5.26 Å². The Bertz CT molecular complexity index is 1120. The minimum absolute atomic E-state index is 0.0609. The first-order chi connectivity index (χ1) is 13.5. The molecule has 0 amide bonds. The van der Waals surface area contributed by atoms with Gasteiger partial charge in [-0.3, -0.25) is 4.31 Å². The summed E-state index contributed by atoms with van der Waals surface area (Å²) in [4.78, 5) is -0.0609. The molecule has 0 saturated heterocycles. The number of rotatable bonds is 6. The van der Waals surface area contributed by atoms with Gasteiger partial charge in [-0.2, -0.15) is 5.26 Å². The number of anilines is 1. The van der Waals surface area contributed by atoms with Crippen LogP contribution in [0.1, 0.15) is 11.1 Å². The van der Waals surface area contributed by atoms with Crippen molar-refractivity contribution in [3.63, 3.8) is 0 Å². The third kappa shape index (κ3) is 3.82. The molecule has 3 aromatic rings. The minimum Gasteiger partial charge on any atom is -0.495 e. The van der Waals surface area contributed by atoms with Crippen molar-refractivity contribution in [3.05, 3.63) is 89.7 Å². The number of para-hydroxylation sites is 2. The molecule has 3 aromatic carbocycles. The Morgan fingerprint density at radius 3 is 2.32 bits per heavy atom. The molecule has 28 heavy (non-hydrogen) atoms. The molecule has 0 aromatic heterocycles. The van der Waals surface area contributed by atoms with Gasteiger partial charge in [0.25, 0.3) is 10.0 Å². The fourth-order valence-electron chi connectivity index (χ4n) is 2.79. The maximum absolute atomic E-state index is 13.4. The van der Waals surface area contributed by atoms with Crippen molar-refractivity contribution < 1.29 is 17.5 Å². The summed E-state index contributed by atoms with van der Waals surface area (Å²) in [6, 6.07) is 20.2. The zero-order valence-electron chi connectivity index (χ0n) is 15.0. The lowest BCUT2D eigenvalue weighted by Crippen LogP contribution is -2.31. The van der Waals surface area contributed by atoms with Crippen molar-refractivity contribution >= 4 is 15.7 Å². The first-order valence-corrected chi connectivity index (χ1v) is 9.80. The second-order valence-corrected chi connectivity index (χ2v) is 7.77. The lowest BCUT2D eigenvalue weighted by atomic mass is 10.1. The molecular formula is C21H17FN2O3S. The molecule has 0 fully saturated rings. The van der Waals surface area contributed by atoms with E-state index < -0.39 is 15.8 Å². The van der Waals surface area contributed by atoms with E-state index in [-0.39, 0.29) is 11.4 Å². The van der Waals surface area contributed by atoms with Crippen molar-refractivity contribution in [2.24, 2.45) is 0 Å². The maximum Gasteiger partial charge on any atom is 0.264 e. The van der Waals surface area contributed by atoms with Gasteiger partial charge in [-0.05, 0) is 48.0 Å². The molecule has 0 N–H and O–H groups in total. The molecule has 142 valence electrons. The van der Waals surface area contributed by atoms with Crippen LogP contribution < -0.4 is 9.04 Å². The smallest absolute Gasteiger partial charge is 0.264 e. The highest BCUT2D eigenvalue weighted by atomic mass is 32.2. The van der Waals surface area contributed by atoms with E-state index in [1.54, 1.807) is 48.5 Å². The summed E-state index contributed by atoms with van der Waals surface area (Å²) >= 11 is 0. The number of nitrogens with zero attached hydrogens (tertiary/aromatic N) is 2. The lowest BCUT2D eigenvalue weighted by Gasteiger charge is -2.26. The highest BCUT2D eigenvalue weighted by molar-refractivity contribution is 7.92. The Kier molecular flexibility index (Phi) is 5.62. The zero-order chi connectivity index (χ0) is 20.1. The van der Waals surface area contributed by atoms with E-state index >= 15 is 0 Å². The van der Waals surface area contributed by atoms with Crippen molar-refractivity contribution in [2.45, 2.75) is 11.4 Å². The van der Waals surface area contributed by atoms with Crippen LogP contribution in [0.2, 0.25) is 0 Å². The van der Waals surface area contributed by atoms with Gasteiger partial charge in [0.05, 0.1) is 35.9 Å². The first kappa shape index (κ1) is 19.4. The Morgan fingerprint density at radius 1 is 1.00 bits per heavy atom. The number of sulfonamides is 1. The largest absolute Gasteiger partial charge is 0.495 e. The molecule has 0 bridgehead atoms. The van der Waals surface area contributed by atoms with Crippen molar-refractivity contribution in [3.8, 4) is 11.8 Å². The maximum atomic E-state index is 13.4. The number of nitriles is 1. The predicted molar refractivity (Wildman–Crippen MR) is 104 cm³/mol. The summed E-state index contributed by atoms with van der Waals surface area (Å²) in [5.74, 6) is -0.166. The zero-order valence-corrected chi connectivity index (χ0v) is 15.9. The minimum atomic E-state index is -4.05. The molecule has 0 aliphatic heterocycles. The van der Waals surface area contributed by atoms with E-state index in [1.807, 2.05) is 0 Å². The number of hydrogen-bond donors (Lipinski definition) is 0. The number of ether oxygens (including phenoxy) is 1.